The molecule has 3 aromatic carbocycles. The Balaban J connectivity index is 1.66. The van der Waals surface area contributed by atoms with Crippen molar-refractivity contribution in [3.63, 3.8) is 0 Å². The van der Waals surface area contributed by atoms with E-state index in [0.717, 1.165) is 47.9 Å². The predicted molar refractivity (Wildman–Crippen MR) is 149 cm³/mol. The summed E-state index contributed by atoms with van der Waals surface area (Å²) < 4.78 is 26.7. The molecule has 2 atom stereocenters. The zero-order valence-corrected chi connectivity index (χ0v) is 22.9. The summed E-state index contributed by atoms with van der Waals surface area (Å²) in [7, 11) is 1.60. The van der Waals surface area contributed by atoms with Gasteiger partial charge in [-0.2, -0.15) is 0 Å². The maximum atomic E-state index is 15.1. The molecule has 0 heterocycles. The fourth-order valence-corrected chi connectivity index (χ4v) is 5.88. The molecule has 0 amide bonds. The minimum Gasteiger partial charge on any atom is -0.497 e. The molecule has 0 bridgehead atoms. The number of hydrogen-bond donors (Lipinski definition) is 1. The molecule has 3 aromatic rings. The number of methoxy groups -OCH3 is 1. The van der Waals surface area contributed by atoms with Crippen molar-refractivity contribution in [2.24, 2.45) is 5.41 Å². The van der Waals surface area contributed by atoms with Gasteiger partial charge in [-0.1, -0.05) is 63.9 Å². The molecule has 0 aromatic heterocycles. The lowest BCUT2D eigenvalue weighted by atomic mass is 9.65. The van der Waals surface area contributed by atoms with E-state index < -0.39 is 5.97 Å². The molecule has 1 saturated carbocycles. The summed E-state index contributed by atoms with van der Waals surface area (Å²) in [5, 5.41) is 9.26. The first kappa shape index (κ1) is 27.7. The van der Waals surface area contributed by atoms with Gasteiger partial charge < -0.3 is 14.6 Å². The summed E-state index contributed by atoms with van der Waals surface area (Å²) in [6, 6.07) is 18.9. The van der Waals surface area contributed by atoms with Gasteiger partial charge >= 0.3 is 5.97 Å². The molecule has 202 valence electrons. The highest BCUT2D eigenvalue weighted by Crippen LogP contribution is 2.49. The highest BCUT2D eigenvalue weighted by atomic mass is 19.1. The standard InChI is InChI=1S/C33H39FO4/c1-5-23(19-32(35)36)24-9-8-10-26(18-24)38-21-22-12-14-27(29-20-25(37-4)13-15-31(29)34)28(17-22)30-11-6-7-16-33(30,2)3/h8-10,12-15,17-18,20,23,30H,5-7,11,16,19,21H2,1-4H3,(H,35,36)/t23-,30+/m1/s1. The molecule has 0 spiro atoms. The topological polar surface area (TPSA) is 55.8 Å². The molecule has 1 aliphatic rings. The van der Waals surface area contributed by atoms with Gasteiger partial charge in [0, 0.05) is 5.56 Å². The van der Waals surface area contributed by atoms with Crippen LogP contribution in [0.2, 0.25) is 0 Å². The Morgan fingerprint density at radius 3 is 2.58 bits per heavy atom. The molecule has 0 radical (unpaired) electrons. The molecule has 0 aliphatic heterocycles. The third kappa shape index (κ3) is 6.38. The highest BCUT2D eigenvalue weighted by Gasteiger charge is 2.35. The second kappa shape index (κ2) is 12.0. The first-order valence-corrected chi connectivity index (χ1v) is 13.6. The zero-order valence-electron chi connectivity index (χ0n) is 22.9. The van der Waals surface area contributed by atoms with Crippen molar-refractivity contribution >= 4 is 5.97 Å². The summed E-state index contributed by atoms with van der Waals surface area (Å²) >= 11 is 0. The molecule has 0 unspecified atom stereocenters. The molecule has 5 heteroatoms. The third-order valence-corrected chi connectivity index (χ3v) is 8.11. The van der Waals surface area contributed by atoms with Gasteiger partial charge in [-0.05, 0) is 89.1 Å². The molecular formula is C33H39FO4. The number of carboxylic acids is 1. The van der Waals surface area contributed by atoms with Crippen molar-refractivity contribution in [1.29, 1.82) is 0 Å². The average Bonchev–Trinajstić information content (AvgIpc) is 2.90. The van der Waals surface area contributed by atoms with Gasteiger partial charge in [0.2, 0.25) is 0 Å². The van der Waals surface area contributed by atoms with E-state index in [1.165, 1.54) is 12.5 Å². The first-order valence-electron chi connectivity index (χ1n) is 13.6. The van der Waals surface area contributed by atoms with E-state index in [-0.39, 0.29) is 23.6 Å². The molecule has 0 saturated heterocycles. The van der Waals surface area contributed by atoms with Gasteiger partial charge in [-0.3, -0.25) is 4.79 Å². The lowest BCUT2D eigenvalue weighted by molar-refractivity contribution is -0.137. The maximum absolute atomic E-state index is 15.1. The van der Waals surface area contributed by atoms with E-state index in [9.17, 15) is 9.90 Å². The number of aliphatic carboxylic acids is 1. The van der Waals surface area contributed by atoms with E-state index in [1.54, 1.807) is 19.2 Å². The monoisotopic (exact) mass is 518 g/mol. The van der Waals surface area contributed by atoms with Crippen LogP contribution in [-0.2, 0) is 11.4 Å². The number of halogens is 1. The highest BCUT2D eigenvalue weighted by molar-refractivity contribution is 5.71. The largest absolute Gasteiger partial charge is 0.497 e. The van der Waals surface area contributed by atoms with Crippen LogP contribution in [0, 0.1) is 11.2 Å². The van der Waals surface area contributed by atoms with Gasteiger partial charge in [0.25, 0.3) is 0 Å². The van der Waals surface area contributed by atoms with Crippen molar-refractivity contribution in [1.82, 2.24) is 0 Å². The number of carbonyl (C=O) groups is 1. The molecular weight excluding hydrogens is 479 g/mol. The number of hydrogen-bond acceptors (Lipinski definition) is 3. The van der Waals surface area contributed by atoms with Crippen molar-refractivity contribution in [3.8, 4) is 22.6 Å². The third-order valence-electron chi connectivity index (χ3n) is 8.11. The number of carboxylic acid groups (broad SMARTS) is 1. The van der Waals surface area contributed by atoms with E-state index in [0.29, 0.717) is 29.6 Å². The second-order valence-corrected chi connectivity index (χ2v) is 11.1. The van der Waals surface area contributed by atoms with E-state index in [2.05, 4.69) is 19.9 Å². The first-order chi connectivity index (χ1) is 18.2. The lowest BCUT2D eigenvalue weighted by Crippen LogP contribution is -2.26. The predicted octanol–water partition coefficient (Wildman–Crippen LogP) is 8.73. The zero-order chi connectivity index (χ0) is 27.3. The summed E-state index contributed by atoms with van der Waals surface area (Å²) in [4.78, 5) is 11.3. The molecule has 1 fully saturated rings. The Labute approximate surface area is 225 Å². The fraction of sp³-hybridized carbons (Fsp3) is 0.424. The maximum Gasteiger partial charge on any atom is 0.303 e. The van der Waals surface area contributed by atoms with Crippen molar-refractivity contribution < 1.29 is 23.8 Å². The number of benzene rings is 3. The normalized spacial score (nSPS) is 17.6. The average molecular weight is 519 g/mol. The van der Waals surface area contributed by atoms with E-state index >= 15 is 4.39 Å². The van der Waals surface area contributed by atoms with Crippen molar-refractivity contribution in [3.05, 3.63) is 83.2 Å². The smallest absolute Gasteiger partial charge is 0.303 e. The van der Waals surface area contributed by atoms with Crippen LogP contribution in [0.4, 0.5) is 4.39 Å². The van der Waals surface area contributed by atoms with Crippen LogP contribution in [0.5, 0.6) is 11.5 Å². The van der Waals surface area contributed by atoms with Crippen LogP contribution in [0.15, 0.2) is 60.7 Å². The van der Waals surface area contributed by atoms with Crippen LogP contribution in [0.1, 0.15) is 87.8 Å². The van der Waals surface area contributed by atoms with Crippen LogP contribution >= 0.6 is 0 Å². The Morgan fingerprint density at radius 1 is 1.05 bits per heavy atom. The Kier molecular flexibility index (Phi) is 8.76. The summed E-state index contributed by atoms with van der Waals surface area (Å²) in [6.45, 7) is 7.01. The quantitative estimate of drug-likeness (QED) is 0.291. The Hall–Kier alpha value is -3.34. The minimum atomic E-state index is -0.797. The van der Waals surface area contributed by atoms with Crippen LogP contribution in [-0.4, -0.2) is 18.2 Å². The van der Waals surface area contributed by atoms with Gasteiger partial charge in [0.15, 0.2) is 0 Å². The van der Waals surface area contributed by atoms with Crippen molar-refractivity contribution in [2.45, 2.75) is 77.7 Å². The number of ether oxygens (including phenoxy) is 2. The van der Waals surface area contributed by atoms with E-state index in [4.69, 9.17) is 9.47 Å². The van der Waals surface area contributed by atoms with Crippen LogP contribution in [0.25, 0.3) is 11.1 Å². The SMILES string of the molecule is CC[C@H](CC(=O)O)c1cccc(OCc2ccc(-c3cc(OC)ccc3F)c([C@@H]3CCCCC3(C)C)c2)c1. The molecule has 1 N–H and O–H groups in total. The van der Waals surface area contributed by atoms with Gasteiger partial charge in [-0.25, -0.2) is 4.39 Å². The van der Waals surface area contributed by atoms with Gasteiger partial charge in [0.05, 0.1) is 13.5 Å². The van der Waals surface area contributed by atoms with Gasteiger partial charge in [0.1, 0.15) is 23.9 Å². The van der Waals surface area contributed by atoms with Gasteiger partial charge in [-0.15, -0.1) is 0 Å². The fourth-order valence-electron chi connectivity index (χ4n) is 5.88. The lowest BCUT2D eigenvalue weighted by Gasteiger charge is -2.40. The Morgan fingerprint density at radius 2 is 1.87 bits per heavy atom. The second-order valence-electron chi connectivity index (χ2n) is 11.1. The van der Waals surface area contributed by atoms with E-state index in [1.807, 2.05) is 43.3 Å². The Bertz CT molecular complexity index is 1270. The molecule has 4 nitrogen and oxygen atoms in total. The minimum absolute atomic E-state index is 0.0479. The van der Waals surface area contributed by atoms with Crippen molar-refractivity contribution in [2.75, 3.05) is 7.11 Å². The van der Waals surface area contributed by atoms with Crippen LogP contribution < -0.4 is 9.47 Å². The number of rotatable bonds is 10. The molecule has 38 heavy (non-hydrogen) atoms. The summed E-state index contributed by atoms with van der Waals surface area (Å²) in [5.74, 6) is 0.557. The summed E-state index contributed by atoms with van der Waals surface area (Å²) in [6.07, 6.45) is 5.43. The molecule has 1 aliphatic carbocycles. The van der Waals surface area contributed by atoms with Crippen LogP contribution in [0.3, 0.4) is 0 Å². The summed E-state index contributed by atoms with van der Waals surface area (Å²) in [5.41, 5.74) is 4.73. The molecule has 4 rings (SSSR count).